The predicted octanol–water partition coefficient (Wildman–Crippen LogP) is 3.84. The first-order chi connectivity index (χ1) is 8.20. The van der Waals surface area contributed by atoms with E-state index in [0.29, 0.717) is 10.8 Å². The number of ether oxygens (including phenoxy) is 1. The summed E-state index contributed by atoms with van der Waals surface area (Å²) in [4.78, 5) is 0. The molecule has 108 valence electrons. The van der Waals surface area contributed by atoms with Crippen molar-refractivity contribution in [2.45, 2.75) is 82.8 Å². The maximum atomic E-state index is 6.15. The second-order valence-electron chi connectivity index (χ2n) is 6.70. The molecule has 1 aliphatic heterocycles. The van der Waals surface area contributed by atoms with Gasteiger partial charge in [-0.05, 0) is 53.2 Å². The van der Waals surface area contributed by atoms with Crippen molar-refractivity contribution in [1.82, 2.24) is 5.32 Å². The van der Waals surface area contributed by atoms with Gasteiger partial charge in [-0.1, -0.05) is 13.8 Å². The highest BCUT2D eigenvalue weighted by atomic mass is 32.2. The third-order valence-electron chi connectivity index (χ3n) is 4.47. The molecule has 1 N–H and O–H groups in total. The lowest BCUT2D eigenvalue weighted by molar-refractivity contribution is -0.0699. The molecule has 1 fully saturated rings. The Kier molecular flexibility index (Phi) is 5.19. The van der Waals surface area contributed by atoms with Crippen molar-refractivity contribution in [2.24, 2.45) is 0 Å². The largest absolute Gasteiger partial charge is 0.368 e. The van der Waals surface area contributed by atoms with Gasteiger partial charge in [-0.2, -0.15) is 11.8 Å². The van der Waals surface area contributed by atoms with Crippen molar-refractivity contribution in [3.63, 3.8) is 0 Å². The van der Waals surface area contributed by atoms with E-state index in [0.717, 1.165) is 13.0 Å². The molecular weight excluding hydrogens is 242 g/mol. The molecule has 0 spiro atoms. The van der Waals surface area contributed by atoms with Gasteiger partial charge in [0.1, 0.15) is 0 Å². The fourth-order valence-electron chi connectivity index (χ4n) is 3.05. The van der Waals surface area contributed by atoms with Crippen LogP contribution in [0.1, 0.15) is 60.8 Å². The normalized spacial score (nSPS) is 26.5. The average molecular weight is 273 g/mol. The van der Waals surface area contributed by atoms with Crippen LogP contribution in [-0.4, -0.2) is 34.8 Å². The number of thioether (sulfide) groups is 1. The highest BCUT2D eigenvalue weighted by Crippen LogP contribution is 2.38. The lowest BCUT2D eigenvalue weighted by Crippen LogP contribution is -2.48. The first kappa shape index (κ1) is 16.3. The van der Waals surface area contributed by atoms with E-state index in [-0.39, 0.29) is 11.2 Å². The summed E-state index contributed by atoms with van der Waals surface area (Å²) in [7, 11) is 0. The zero-order valence-corrected chi connectivity index (χ0v) is 14.0. The lowest BCUT2D eigenvalue weighted by atomic mass is 9.93. The van der Waals surface area contributed by atoms with Crippen molar-refractivity contribution in [1.29, 1.82) is 0 Å². The summed E-state index contributed by atoms with van der Waals surface area (Å²) in [5, 5.41) is 3.78. The van der Waals surface area contributed by atoms with E-state index in [1.54, 1.807) is 0 Å². The topological polar surface area (TPSA) is 21.3 Å². The van der Waals surface area contributed by atoms with Crippen LogP contribution in [0.25, 0.3) is 0 Å². The molecule has 1 aliphatic rings. The van der Waals surface area contributed by atoms with E-state index >= 15 is 0 Å². The van der Waals surface area contributed by atoms with E-state index in [4.69, 9.17) is 4.74 Å². The molecule has 2 nitrogen and oxygen atoms in total. The van der Waals surface area contributed by atoms with E-state index in [9.17, 15) is 0 Å². The standard InChI is InChI=1S/C15H31NOS/c1-8-15(9-2,18-7)11-16-12-10-13(3,4)17-14(12,5)6/h12,16H,8-11H2,1-7H3. The lowest BCUT2D eigenvalue weighted by Gasteiger charge is -2.34. The van der Waals surface area contributed by atoms with Crippen LogP contribution in [0.5, 0.6) is 0 Å². The van der Waals surface area contributed by atoms with E-state index in [1.807, 2.05) is 11.8 Å². The van der Waals surface area contributed by atoms with Crippen LogP contribution in [-0.2, 0) is 4.74 Å². The molecule has 0 amide bonds. The molecule has 18 heavy (non-hydrogen) atoms. The van der Waals surface area contributed by atoms with Crippen LogP contribution in [0.2, 0.25) is 0 Å². The SMILES string of the molecule is CCC(CC)(CNC1CC(C)(C)OC1(C)C)SC. The second kappa shape index (κ2) is 5.72. The molecule has 0 aliphatic carbocycles. The maximum Gasteiger partial charge on any atom is 0.0787 e. The first-order valence-electron chi connectivity index (χ1n) is 7.19. The number of rotatable bonds is 6. The zero-order valence-electron chi connectivity index (χ0n) is 13.2. The minimum atomic E-state index is -0.0604. The van der Waals surface area contributed by atoms with Gasteiger partial charge in [0, 0.05) is 17.3 Å². The van der Waals surface area contributed by atoms with E-state index < -0.39 is 0 Å². The summed E-state index contributed by atoms with van der Waals surface area (Å²) in [6, 6.07) is 0.456. The van der Waals surface area contributed by atoms with Gasteiger partial charge < -0.3 is 10.1 Å². The van der Waals surface area contributed by atoms with Gasteiger partial charge >= 0.3 is 0 Å². The Morgan fingerprint density at radius 1 is 1.22 bits per heavy atom. The summed E-state index contributed by atoms with van der Waals surface area (Å²) in [6.07, 6.45) is 5.76. The van der Waals surface area contributed by atoms with Gasteiger partial charge in [-0.3, -0.25) is 0 Å². The molecular formula is C15H31NOS. The maximum absolute atomic E-state index is 6.15. The van der Waals surface area contributed by atoms with Crippen LogP contribution in [0.4, 0.5) is 0 Å². The summed E-state index contributed by atoms with van der Waals surface area (Å²) < 4.78 is 6.52. The molecule has 1 atom stereocenters. The van der Waals surface area contributed by atoms with Crippen molar-refractivity contribution in [2.75, 3.05) is 12.8 Å². The fraction of sp³-hybridized carbons (Fsp3) is 1.00. The summed E-state index contributed by atoms with van der Waals surface area (Å²) in [5.41, 5.74) is -0.0588. The molecule has 0 radical (unpaired) electrons. The van der Waals surface area contributed by atoms with Gasteiger partial charge in [-0.25, -0.2) is 0 Å². The highest BCUT2D eigenvalue weighted by Gasteiger charge is 2.46. The smallest absolute Gasteiger partial charge is 0.0787 e. The number of hydrogen-bond acceptors (Lipinski definition) is 3. The van der Waals surface area contributed by atoms with Crippen LogP contribution >= 0.6 is 11.8 Å². The van der Waals surface area contributed by atoms with E-state index in [1.165, 1.54) is 12.8 Å². The predicted molar refractivity (Wildman–Crippen MR) is 82.5 cm³/mol. The summed E-state index contributed by atoms with van der Waals surface area (Å²) in [6.45, 7) is 14.5. The third-order valence-corrected chi connectivity index (χ3v) is 6.05. The Morgan fingerprint density at radius 3 is 2.11 bits per heavy atom. The van der Waals surface area contributed by atoms with Gasteiger partial charge in [0.2, 0.25) is 0 Å². The minimum absolute atomic E-state index is 0.00160. The fourth-order valence-corrected chi connectivity index (χ4v) is 3.86. The summed E-state index contributed by atoms with van der Waals surface area (Å²) >= 11 is 2.00. The third kappa shape index (κ3) is 3.64. The first-order valence-corrected chi connectivity index (χ1v) is 8.41. The molecule has 1 unspecified atom stereocenters. The molecule has 0 aromatic heterocycles. The minimum Gasteiger partial charge on any atom is -0.368 e. The van der Waals surface area contributed by atoms with Gasteiger partial charge in [0.15, 0.2) is 0 Å². The second-order valence-corrected chi connectivity index (χ2v) is 7.97. The van der Waals surface area contributed by atoms with Crippen LogP contribution in [0.15, 0.2) is 0 Å². The monoisotopic (exact) mass is 273 g/mol. The molecule has 0 saturated carbocycles. The Labute approximate surface area is 118 Å². The Hall–Kier alpha value is 0.270. The molecule has 1 rings (SSSR count). The van der Waals surface area contributed by atoms with Crippen molar-refractivity contribution in [3.8, 4) is 0 Å². The molecule has 0 aromatic carbocycles. The highest BCUT2D eigenvalue weighted by molar-refractivity contribution is 8.00. The quantitative estimate of drug-likeness (QED) is 0.794. The zero-order chi connectivity index (χ0) is 14.0. The molecule has 0 bridgehead atoms. The van der Waals surface area contributed by atoms with Crippen LogP contribution in [0.3, 0.4) is 0 Å². The molecule has 3 heteroatoms. The Bertz CT molecular complexity index is 263. The van der Waals surface area contributed by atoms with Gasteiger partial charge in [-0.15, -0.1) is 0 Å². The Balaban J connectivity index is 2.63. The van der Waals surface area contributed by atoms with Crippen molar-refractivity contribution in [3.05, 3.63) is 0 Å². The molecule has 1 saturated heterocycles. The molecule has 1 heterocycles. The van der Waals surface area contributed by atoms with Crippen LogP contribution in [0, 0.1) is 0 Å². The average Bonchev–Trinajstić information content (AvgIpc) is 2.49. The number of nitrogens with one attached hydrogen (secondary N) is 1. The molecule has 0 aromatic rings. The Morgan fingerprint density at radius 2 is 1.78 bits per heavy atom. The van der Waals surface area contributed by atoms with E-state index in [2.05, 4.69) is 53.1 Å². The van der Waals surface area contributed by atoms with Crippen molar-refractivity contribution >= 4 is 11.8 Å². The van der Waals surface area contributed by atoms with Gasteiger partial charge in [0.05, 0.1) is 11.2 Å². The summed E-state index contributed by atoms with van der Waals surface area (Å²) in [5.74, 6) is 0. The van der Waals surface area contributed by atoms with Crippen LogP contribution < -0.4 is 5.32 Å². The van der Waals surface area contributed by atoms with Gasteiger partial charge in [0.25, 0.3) is 0 Å². The number of hydrogen-bond donors (Lipinski definition) is 1. The van der Waals surface area contributed by atoms with Crippen molar-refractivity contribution < 1.29 is 4.74 Å².